The maximum Gasteiger partial charge on any atom is 0.240 e. The van der Waals surface area contributed by atoms with Gasteiger partial charge in [0.15, 0.2) is 0 Å². The lowest BCUT2D eigenvalue weighted by Gasteiger charge is -2.25. The number of hydrogen-bond donors (Lipinski definition) is 2. The van der Waals surface area contributed by atoms with Gasteiger partial charge in [-0.05, 0) is 42.0 Å². The number of hydrogen-bond acceptors (Lipinski definition) is 5. The molecule has 0 aliphatic carbocycles. The van der Waals surface area contributed by atoms with E-state index >= 15 is 0 Å². The number of sulfonamides is 1. The summed E-state index contributed by atoms with van der Waals surface area (Å²) < 4.78 is 33.3. The molecular formula is C20H24N2O5S. The topological polar surface area (TPSA) is 100.0 Å². The van der Waals surface area contributed by atoms with Crippen LogP contribution in [-0.2, 0) is 10.0 Å². The van der Waals surface area contributed by atoms with Gasteiger partial charge in [-0.25, -0.2) is 13.1 Å². The van der Waals surface area contributed by atoms with E-state index in [0.717, 1.165) is 43.3 Å². The minimum atomic E-state index is -3.84. The average molecular weight is 404 g/mol. The minimum absolute atomic E-state index is 0.0347. The zero-order valence-corrected chi connectivity index (χ0v) is 16.5. The van der Waals surface area contributed by atoms with Crippen molar-refractivity contribution in [1.82, 2.24) is 4.72 Å². The van der Waals surface area contributed by atoms with Gasteiger partial charge in [-0.3, -0.25) is 0 Å². The summed E-state index contributed by atoms with van der Waals surface area (Å²) in [5.41, 5.74) is 0.864. The first-order valence-electron chi connectivity index (χ1n) is 9.20. The maximum atomic E-state index is 12.7. The zero-order chi connectivity index (χ0) is 20.1. The van der Waals surface area contributed by atoms with Gasteiger partial charge in [-0.2, -0.15) is 0 Å². The molecule has 1 fully saturated rings. The Morgan fingerprint density at radius 1 is 1.18 bits per heavy atom. The van der Waals surface area contributed by atoms with Crippen molar-refractivity contribution in [2.75, 3.05) is 26.7 Å². The van der Waals surface area contributed by atoms with E-state index in [2.05, 4.69) is 4.72 Å². The second-order valence-corrected chi connectivity index (χ2v) is 8.63. The third kappa shape index (κ3) is 4.70. The number of carboxylic acids is 1. The van der Waals surface area contributed by atoms with Crippen molar-refractivity contribution >= 4 is 16.0 Å². The van der Waals surface area contributed by atoms with Gasteiger partial charge in [-0.1, -0.05) is 12.1 Å². The molecule has 0 radical (unpaired) electrons. The SMILES string of the molecule is COc1ccc([C@@H](CNS(=O)(=O)c2cccc(C(=O)[O-])c2)[NH+]2CCCC2)cc1. The number of aromatic carboxylic acids is 1. The molecule has 1 aliphatic rings. The van der Waals surface area contributed by atoms with Crippen molar-refractivity contribution in [1.29, 1.82) is 0 Å². The third-order valence-electron chi connectivity index (χ3n) is 5.11. The Labute approximate surface area is 165 Å². The molecule has 8 heteroatoms. The fraction of sp³-hybridized carbons (Fsp3) is 0.350. The van der Waals surface area contributed by atoms with Gasteiger partial charge in [0.2, 0.25) is 10.0 Å². The van der Waals surface area contributed by atoms with Crippen molar-refractivity contribution in [2.24, 2.45) is 0 Å². The Hall–Kier alpha value is -2.42. The van der Waals surface area contributed by atoms with E-state index in [9.17, 15) is 18.3 Å². The van der Waals surface area contributed by atoms with Gasteiger partial charge < -0.3 is 19.5 Å². The third-order valence-corrected chi connectivity index (χ3v) is 6.54. The van der Waals surface area contributed by atoms with E-state index in [1.165, 1.54) is 23.1 Å². The van der Waals surface area contributed by atoms with Crippen molar-refractivity contribution in [3.05, 3.63) is 59.7 Å². The Morgan fingerprint density at radius 3 is 2.46 bits per heavy atom. The summed E-state index contributed by atoms with van der Waals surface area (Å²) in [6, 6.07) is 12.8. The molecule has 28 heavy (non-hydrogen) atoms. The van der Waals surface area contributed by atoms with E-state index in [-0.39, 0.29) is 23.0 Å². The van der Waals surface area contributed by atoms with Gasteiger partial charge in [0, 0.05) is 18.4 Å². The van der Waals surface area contributed by atoms with Gasteiger partial charge in [0.1, 0.15) is 11.8 Å². The van der Waals surface area contributed by atoms with E-state index < -0.39 is 16.0 Å². The Bertz CT molecular complexity index is 922. The molecule has 2 N–H and O–H groups in total. The first kappa shape index (κ1) is 20.3. The monoisotopic (exact) mass is 404 g/mol. The van der Waals surface area contributed by atoms with Crippen LogP contribution in [0.25, 0.3) is 0 Å². The fourth-order valence-corrected chi connectivity index (χ4v) is 4.67. The van der Waals surface area contributed by atoms with Crippen LogP contribution in [0.4, 0.5) is 0 Å². The largest absolute Gasteiger partial charge is 0.545 e. The van der Waals surface area contributed by atoms with Crippen LogP contribution in [0.5, 0.6) is 5.75 Å². The number of quaternary nitrogens is 1. The van der Waals surface area contributed by atoms with E-state index in [1.807, 2.05) is 24.3 Å². The maximum absolute atomic E-state index is 12.7. The molecule has 1 aliphatic heterocycles. The van der Waals surface area contributed by atoms with Crippen LogP contribution >= 0.6 is 0 Å². The molecule has 0 aromatic heterocycles. The second kappa shape index (κ2) is 8.72. The second-order valence-electron chi connectivity index (χ2n) is 6.86. The standard InChI is InChI=1S/C20H24N2O5S/c1-27-17-9-7-15(8-10-17)19(22-11-2-3-12-22)14-21-28(25,26)18-6-4-5-16(13-18)20(23)24/h4-10,13,19,21H,2-3,11-12,14H2,1H3,(H,23,24)/t19-/m1/s1. The van der Waals surface area contributed by atoms with Gasteiger partial charge in [-0.15, -0.1) is 0 Å². The minimum Gasteiger partial charge on any atom is -0.545 e. The Morgan fingerprint density at radius 2 is 1.86 bits per heavy atom. The number of carbonyl (C=O) groups excluding carboxylic acids is 1. The summed E-state index contributed by atoms with van der Waals surface area (Å²) in [5.74, 6) is -0.659. The van der Waals surface area contributed by atoms with Crippen LogP contribution in [-0.4, -0.2) is 41.1 Å². The fourth-order valence-electron chi connectivity index (χ4n) is 3.58. The average Bonchev–Trinajstić information content (AvgIpc) is 3.23. The molecule has 7 nitrogen and oxygen atoms in total. The van der Waals surface area contributed by atoms with Gasteiger partial charge in [0.05, 0.1) is 37.6 Å². The van der Waals surface area contributed by atoms with Gasteiger partial charge >= 0.3 is 0 Å². The van der Waals surface area contributed by atoms with Crippen LogP contribution in [0.1, 0.15) is 34.8 Å². The smallest absolute Gasteiger partial charge is 0.240 e. The van der Waals surface area contributed by atoms with E-state index in [4.69, 9.17) is 4.74 Å². The predicted molar refractivity (Wildman–Crippen MR) is 102 cm³/mol. The molecule has 3 rings (SSSR count). The quantitative estimate of drug-likeness (QED) is 0.632. The first-order valence-corrected chi connectivity index (χ1v) is 10.7. The van der Waals surface area contributed by atoms with Crippen LogP contribution in [0.3, 0.4) is 0 Å². The summed E-state index contributed by atoms with van der Waals surface area (Å²) in [6.07, 6.45) is 2.23. The van der Waals surface area contributed by atoms with Crippen molar-refractivity contribution in [3.8, 4) is 5.75 Å². The zero-order valence-electron chi connectivity index (χ0n) is 15.7. The van der Waals surface area contributed by atoms with E-state index in [0.29, 0.717) is 0 Å². The highest BCUT2D eigenvalue weighted by Gasteiger charge is 2.29. The Kier molecular flexibility index (Phi) is 6.33. The lowest BCUT2D eigenvalue weighted by molar-refractivity contribution is -0.918. The molecule has 150 valence electrons. The van der Waals surface area contributed by atoms with Gasteiger partial charge in [0.25, 0.3) is 0 Å². The summed E-state index contributed by atoms with van der Waals surface area (Å²) in [6.45, 7) is 2.19. The van der Waals surface area contributed by atoms with Crippen LogP contribution in [0.2, 0.25) is 0 Å². The number of carbonyl (C=O) groups is 1. The summed E-state index contributed by atoms with van der Waals surface area (Å²) in [4.78, 5) is 12.3. The predicted octanol–water partition coefficient (Wildman–Crippen LogP) is -0.243. The molecule has 0 unspecified atom stereocenters. The molecule has 2 aromatic carbocycles. The van der Waals surface area contributed by atoms with Crippen molar-refractivity contribution in [3.63, 3.8) is 0 Å². The van der Waals surface area contributed by atoms with E-state index in [1.54, 1.807) is 7.11 Å². The number of benzene rings is 2. The highest BCUT2D eigenvalue weighted by Crippen LogP contribution is 2.18. The normalized spacial score (nSPS) is 16.0. The molecular weight excluding hydrogens is 380 g/mol. The number of carboxylic acid groups (broad SMARTS) is 1. The van der Waals surface area contributed by atoms with Crippen LogP contribution in [0, 0.1) is 0 Å². The molecule has 0 spiro atoms. The lowest BCUT2D eigenvalue weighted by Crippen LogP contribution is -3.11. The molecule has 1 atom stereocenters. The Balaban J connectivity index is 1.80. The molecule has 0 saturated carbocycles. The first-order chi connectivity index (χ1) is 13.4. The molecule has 1 heterocycles. The molecule has 2 aromatic rings. The lowest BCUT2D eigenvalue weighted by atomic mass is 10.1. The highest BCUT2D eigenvalue weighted by molar-refractivity contribution is 7.89. The summed E-state index contributed by atoms with van der Waals surface area (Å²) >= 11 is 0. The molecule has 0 bridgehead atoms. The summed E-state index contributed by atoms with van der Waals surface area (Å²) in [7, 11) is -2.24. The number of ether oxygens (including phenoxy) is 1. The number of likely N-dealkylation sites (tertiary alicyclic amines) is 1. The van der Waals surface area contributed by atoms with Crippen molar-refractivity contribution in [2.45, 2.75) is 23.8 Å². The number of nitrogens with one attached hydrogen (secondary N) is 2. The molecule has 0 amide bonds. The van der Waals surface area contributed by atoms with Crippen LogP contribution in [0.15, 0.2) is 53.4 Å². The van der Waals surface area contributed by atoms with Crippen molar-refractivity contribution < 1.29 is 28.0 Å². The molecule has 1 saturated heterocycles. The number of methoxy groups -OCH3 is 1. The highest BCUT2D eigenvalue weighted by atomic mass is 32.2. The number of rotatable bonds is 8. The van der Waals surface area contributed by atoms with Crippen LogP contribution < -0.4 is 19.5 Å². The summed E-state index contributed by atoms with van der Waals surface area (Å²) in [5, 5.41) is 11.0.